The summed E-state index contributed by atoms with van der Waals surface area (Å²) in [6, 6.07) is 0.443. The van der Waals surface area contributed by atoms with Crippen LogP contribution in [-0.4, -0.2) is 30.3 Å². The summed E-state index contributed by atoms with van der Waals surface area (Å²) in [4.78, 5) is 13.0. The van der Waals surface area contributed by atoms with Crippen LogP contribution in [0.2, 0.25) is 0 Å². The molecule has 0 aromatic rings. The predicted molar refractivity (Wildman–Crippen MR) is 63.8 cm³/mol. The summed E-state index contributed by atoms with van der Waals surface area (Å²) in [5, 5.41) is 0. The summed E-state index contributed by atoms with van der Waals surface area (Å²) < 4.78 is 0. The smallest absolute Gasteiger partial charge is 0.121 e. The van der Waals surface area contributed by atoms with Gasteiger partial charge in [0.05, 0.1) is 0 Å². The van der Waals surface area contributed by atoms with Crippen LogP contribution in [0.25, 0.3) is 0 Å². The van der Waals surface area contributed by atoms with Gasteiger partial charge >= 0.3 is 0 Å². The lowest BCUT2D eigenvalue weighted by Crippen LogP contribution is -2.40. The van der Waals surface area contributed by atoms with Crippen LogP contribution in [0.1, 0.15) is 32.6 Å². The lowest BCUT2D eigenvalue weighted by atomic mass is 9.99. The molecule has 1 saturated heterocycles. The molecule has 1 aliphatic heterocycles. The standard InChI is InChI=1S/C13H21NO/c1-3-6-12(2)11-14-9-5-4-7-13(14)8-10-15/h3,6,10,13H,2,4-5,7-9,11H2,1H3. The van der Waals surface area contributed by atoms with Crippen LogP contribution in [0.5, 0.6) is 0 Å². The molecule has 0 aromatic heterocycles. The van der Waals surface area contributed by atoms with Gasteiger partial charge in [0.15, 0.2) is 0 Å². The van der Waals surface area contributed by atoms with Gasteiger partial charge in [0, 0.05) is 19.0 Å². The molecule has 1 unspecified atom stereocenters. The van der Waals surface area contributed by atoms with Gasteiger partial charge in [-0.1, -0.05) is 25.2 Å². The highest BCUT2D eigenvalue weighted by molar-refractivity contribution is 5.50. The van der Waals surface area contributed by atoms with Crippen molar-refractivity contribution in [2.24, 2.45) is 0 Å². The third-order valence-electron chi connectivity index (χ3n) is 2.93. The average Bonchev–Trinajstić information content (AvgIpc) is 2.21. The van der Waals surface area contributed by atoms with Gasteiger partial charge in [-0.05, 0) is 31.9 Å². The van der Waals surface area contributed by atoms with E-state index < -0.39 is 0 Å². The third kappa shape index (κ3) is 4.00. The van der Waals surface area contributed by atoms with Crippen LogP contribution >= 0.6 is 0 Å². The summed E-state index contributed by atoms with van der Waals surface area (Å²) in [7, 11) is 0. The number of hydrogen-bond acceptors (Lipinski definition) is 2. The van der Waals surface area contributed by atoms with Crippen LogP contribution in [0.4, 0.5) is 0 Å². The highest BCUT2D eigenvalue weighted by Crippen LogP contribution is 2.19. The summed E-state index contributed by atoms with van der Waals surface area (Å²) in [6.07, 6.45) is 9.43. The fourth-order valence-corrected chi connectivity index (χ4v) is 2.20. The van der Waals surface area contributed by atoms with E-state index in [1.165, 1.54) is 12.8 Å². The summed E-state index contributed by atoms with van der Waals surface area (Å²) >= 11 is 0. The first-order chi connectivity index (χ1) is 7.27. The summed E-state index contributed by atoms with van der Waals surface area (Å²) in [5.74, 6) is 0. The molecular formula is C13H21NO. The first kappa shape index (κ1) is 12.2. The van der Waals surface area contributed by atoms with Crippen molar-refractivity contribution >= 4 is 6.29 Å². The molecule has 1 atom stereocenters. The van der Waals surface area contributed by atoms with Gasteiger partial charge in [0.25, 0.3) is 0 Å². The molecule has 0 amide bonds. The quantitative estimate of drug-likeness (QED) is 0.510. The number of piperidine rings is 1. The monoisotopic (exact) mass is 207 g/mol. The molecule has 2 heteroatoms. The van der Waals surface area contributed by atoms with E-state index in [4.69, 9.17) is 0 Å². The second-order valence-electron chi connectivity index (χ2n) is 4.18. The van der Waals surface area contributed by atoms with Gasteiger partial charge < -0.3 is 4.79 Å². The SMILES string of the molecule is C=C(C=CC)CN1CCCCC1CC=O. The highest BCUT2D eigenvalue weighted by atomic mass is 16.1. The Morgan fingerprint density at radius 1 is 1.53 bits per heavy atom. The molecule has 0 radical (unpaired) electrons. The van der Waals surface area contributed by atoms with Crippen molar-refractivity contribution in [1.29, 1.82) is 0 Å². The Hall–Kier alpha value is -0.890. The molecule has 1 aliphatic rings. The van der Waals surface area contributed by atoms with Gasteiger partial charge in [0.2, 0.25) is 0 Å². The number of allylic oxidation sites excluding steroid dienone is 1. The molecule has 0 N–H and O–H groups in total. The van der Waals surface area contributed by atoms with Crippen LogP contribution in [0.3, 0.4) is 0 Å². The van der Waals surface area contributed by atoms with Gasteiger partial charge in [-0.25, -0.2) is 0 Å². The van der Waals surface area contributed by atoms with Gasteiger partial charge in [0.1, 0.15) is 6.29 Å². The molecule has 0 aliphatic carbocycles. The minimum Gasteiger partial charge on any atom is -0.303 e. The lowest BCUT2D eigenvalue weighted by Gasteiger charge is -2.34. The molecular weight excluding hydrogens is 186 g/mol. The van der Waals surface area contributed by atoms with Crippen molar-refractivity contribution in [2.45, 2.75) is 38.6 Å². The fraction of sp³-hybridized carbons (Fsp3) is 0.615. The lowest BCUT2D eigenvalue weighted by molar-refractivity contribution is -0.109. The Bertz CT molecular complexity index is 245. The van der Waals surface area contributed by atoms with Crippen molar-refractivity contribution < 1.29 is 4.79 Å². The number of aldehydes is 1. The normalized spacial score (nSPS) is 23.1. The molecule has 0 aromatic carbocycles. The van der Waals surface area contributed by atoms with Crippen LogP contribution in [0, 0.1) is 0 Å². The number of likely N-dealkylation sites (tertiary alicyclic amines) is 1. The average molecular weight is 207 g/mol. The third-order valence-corrected chi connectivity index (χ3v) is 2.93. The zero-order chi connectivity index (χ0) is 11.1. The number of carbonyl (C=O) groups is 1. The molecule has 1 heterocycles. The minimum atomic E-state index is 0.443. The zero-order valence-electron chi connectivity index (χ0n) is 9.61. The Labute approximate surface area is 92.7 Å². The topological polar surface area (TPSA) is 20.3 Å². The highest BCUT2D eigenvalue weighted by Gasteiger charge is 2.21. The molecule has 0 bridgehead atoms. The van der Waals surface area contributed by atoms with Crippen molar-refractivity contribution in [1.82, 2.24) is 4.90 Å². The Morgan fingerprint density at radius 3 is 3.00 bits per heavy atom. The maximum absolute atomic E-state index is 10.6. The van der Waals surface area contributed by atoms with Gasteiger partial charge in [-0.15, -0.1) is 0 Å². The van der Waals surface area contributed by atoms with E-state index in [0.29, 0.717) is 12.5 Å². The first-order valence-corrected chi connectivity index (χ1v) is 5.76. The maximum atomic E-state index is 10.6. The summed E-state index contributed by atoms with van der Waals surface area (Å²) in [6.45, 7) is 8.03. The predicted octanol–water partition coefficient (Wildman–Crippen LogP) is 2.56. The largest absolute Gasteiger partial charge is 0.303 e. The Balaban J connectivity index is 2.48. The first-order valence-electron chi connectivity index (χ1n) is 5.76. The molecule has 0 spiro atoms. The van der Waals surface area contributed by atoms with Gasteiger partial charge in [-0.3, -0.25) is 4.90 Å². The number of carbonyl (C=O) groups excluding carboxylic acids is 1. The van der Waals surface area contributed by atoms with Crippen LogP contribution < -0.4 is 0 Å². The van der Waals surface area contributed by atoms with E-state index in [1.807, 2.05) is 19.1 Å². The van der Waals surface area contributed by atoms with E-state index >= 15 is 0 Å². The second-order valence-corrected chi connectivity index (χ2v) is 4.18. The Kier molecular flexibility index (Phi) is 5.33. The van der Waals surface area contributed by atoms with Crippen molar-refractivity contribution in [2.75, 3.05) is 13.1 Å². The van der Waals surface area contributed by atoms with E-state index in [9.17, 15) is 4.79 Å². The van der Waals surface area contributed by atoms with E-state index in [-0.39, 0.29) is 0 Å². The van der Waals surface area contributed by atoms with Crippen LogP contribution in [-0.2, 0) is 4.79 Å². The zero-order valence-corrected chi connectivity index (χ0v) is 9.61. The minimum absolute atomic E-state index is 0.443. The van der Waals surface area contributed by atoms with E-state index in [0.717, 1.165) is 31.4 Å². The molecule has 1 rings (SSSR count). The number of hydrogen-bond donors (Lipinski definition) is 0. The van der Waals surface area contributed by atoms with E-state index in [1.54, 1.807) is 0 Å². The molecule has 84 valence electrons. The second kappa shape index (κ2) is 6.57. The van der Waals surface area contributed by atoms with Crippen molar-refractivity contribution in [3.05, 3.63) is 24.3 Å². The van der Waals surface area contributed by atoms with Gasteiger partial charge in [-0.2, -0.15) is 0 Å². The number of nitrogens with zero attached hydrogens (tertiary/aromatic N) is 1. The molecule has 1 fully saturated rings. The maximum Gasteiger partial charge on any atom is 0.121 e. The van der Waals surface area contributed by atoms with Crippen LogP contribution in [0.15, 0.2) is 24.3 Å². The van der Waals surface area contributed by atoms with Crippen molar-refractivity contribution in [3.8, 4) is 0 Å². The van der Waals surface area contributed by atoms with E-state index in [2.05, 4.69) is 11.5 Å². The Morgan fingerprint density at radius 2 is 2.33 bits per heavy atom. The number of rotatable bonds is 5. The molecule has 0 saturated carbocycles. The fourth-order valence-electron chi connectivity index (χ4n) is 2.20. The van der Waals surface area contributed by atoms with Crippen molar-refractivity contribution in [3.63, 3.8) is 0 Å². The molecule has 2 nitrogen and oxygen atoms in total. The summed E-state index contributed by atoms with van der Waals surface area (Å²) in [5.41, 5.74) is 1.13. The molecule has 15 heavy (non-hydrogen) atoms.